The molecule has 1 atom stereocenters. The molecule has 3 heteroatoms. The van der Waals surface area contributed by atoms with Crippen LogP contribution >= 0.6 is 11.6 Å². The third-order valence-corrected chi connectivity index (χ3v) is 5.70. The molecule has 2 aromatic rings. The first-order valence-electron chi connectivity index (χ1n) is 11.0. The molecule has 0 saturated carbocycles. The number of unbranched alkanes of at least 4 members (excludes halogenated alkanes) is 4. The van der Waals surface area contributed by atoms with Crippen LogP contribution in [0.4, 0.5) is 0 Å². The molecule has 0 amide bonds. The lowest BCUT2D eigenvalue weighted by molar-refractivity contribution is 0.234. The van der Waals surface area contributed by atoms with E-state index in [4.69, 9.17) is 21.1 Å². The average molecular weight is 405 g/mol. The summed E-state index contributed by atoms with van der Waals surface area (Å²) in [5.74, 6) is 3.36. The van der Waals surface area contributed by atoms with Crippen molar-refractivity contribution in [3.8, 4) is 11.5 Å². The number of aryl methyl sites for hydroxylation is 1. The summed E-state index contributed by atoms with van der Waals surface area (Å²) in [5, 5.41) is 2.30. The zero-order valence-electron chi connectivity index (χ0n) is 17.9. The molecule has 0 radical (unpaired) electrons. The van der Waals surface area contributed by atoms with Gasteiger partial charge < -0.3 is 9.47 Å². The summed E-state index contributed by atoms with van der Waals surface area (Å²) in [5.41, 5.74) is 1.15. The number of benzene rings is 2. The zero-order valence-corrected chi connectivity index (χ0v) is 18.7. The van der Waals surface area contributed by atoms with Crippen molar-refractivity contribution in [1.82, 2.24) is 0 Å². The van der Waals surface area contributed by atoms with E-state index in [9.17, 15) is 0 Å². The van der Waals surface area contributed by atoms with E-state index in [0.29, 0.717) is 5.92 Å². The van der Waals surface area contributed by atoms with Crippen molar-refractivity contribution >= 4 is 22.4 Å². The minimum absolute atomic E-state index is 0.627. The van der Waals surface area contributed by atoms with Gasteiger partial charge in [-0.3, -0.25) is 0 Å². The van der Waals surface area contributed by atoms with E-state index in [1.54, 1.807) is 0 Å². The van der Waals surface area contributed by atoms with Gasteiger partial charge >= 0.3 is 0 Å². The Hall–Kier alpha value is -1.41. The van der Waals surface area contributed by atoms with Crippen LogP contribution in [-0.2, 0) is 0 Å². The largest absolute Gasteiger partial charge is 0.493 e. The van der Waals surface area contributed by atoms with Gasteiger partial charge in [-0.1, -0.05) is 70.2 Å². The molecule has 0 aliphatic heterocycles. The van der Waals surface area contributed by atoms with E-state index in [0.717, 1.165) is 59.8 Å². The summed E-state index contributed by atoms with van der Waals surface area (Å²) in [4.78, 5) is 0. The predicted molar refractivity (Wildman–Crippen MR) is 122 cm³/mol. The molecule has 28 heavy (non-hydrogen) atoms. The Morgan fingerprint density at radius 3 is 2.39 bits per heavy atom. The third kappa shape index (κ3) is 6.88. The first kappa shape index (κ1) is 22.9. The molecule has 2 nitrogen and oxygen atoms in total. The SMILES string of the molecule is CCCCC(CC)COc1c(C)cc(OCCCCCCCl)c2ccccc12. The molecule has 0 aliphatic carbocycles. The van der Waals surface area contributed by atoms with Gasteiger partial charge in [0, 0.05) is 16.7 Å². The monoisotopic (exact) mass is 404 g/mol. The van der Waals surface area contributed by atoms with E-state index in [-0.39, 0.29) is 0 Å². The molecular weight excluding hydrogens is 368 g/mol. The van der Waals surface area contributed by atoms with Crippen LogP contribution < -0.4 is 9.47 Å². The molecule has 1 unspecified atom stereocenters. The van der Waals surface area contributed by atoms with Crippen molar-refractivity contribution in [2.45, 2.75) is 72.1 Å². The normalized spacial score (nSPS) is 12.3. The highest BCUT2D eigenvalue weighted by Gasteiger charge is 2.14. The highest BCUT2D eigenvalue weighted by Crippen LogP contribution is 2.37. The quantitative estimate of drug-likeness (QED) is 0.235. The van der Waals surface area contributed by atoms with Crippen molar-refractivity contribution in [3.05, 3.63) is 35.9 Å². The van der Waals surface area contributed by atoms with E-state index in [1.165, 1.54) is 38.5 Å². The van der Waals surface area contributed by atoms with E-state index < -0.39 is 0 Å². The maximum Gasteiger partial charge on any atom is 0.130 e. The van der Waals surface area contributed by atoms with Crippen molar-refractivity contribution in [2.75, 3.05) is 19.1 Å². The number of alkyl halides is 1. The molecular formula is C25H37ClO2. The fourth-order valence-electron chi connectivity index (χ4n) is 3.59. The van der Waals surface area contributed by atoms with Gasteiger partial charge in [-0.05, 0) is 43.7 Å². The Balaban J connectivity index is 2.08. The summed E-state index contributed by atoms with van der Waals surface area (Å²) < 4.78 is 12.5. The molecule has 0 bridgehead atoms. The Morgan fingerprint density at radius 1 is 0.929 bits per heavy atom. The van der Waals surface area contributed by atoms with Gasteiger partial charge in [-0.15, -0.1) is 11.6 Å². The van der Waals surface area contributed by atoms with Gasteiger partial charge in [0.05, 0.1) is 13.2 Å². The number of hydrogen-bond donors (Lipinski definition) is 0. The second-order valence-corrected chi connectivity index (χ2v) is 8.12. The molecule has 156 valence electrons. The average Bonchev–Trinajstić information content (AvgIpc) is 2.72. The van der Waals surface area contributed by atoms with Crippen LogP contribution in [0.1, 0.15) is 70.8 Å². The van der Waals surface area contributed by atoms with Crippen LogP contribution in [0.25, 0.3) is 10.8 Å². The first-order chi connectivity index (χ1) is 13.7. The molecule has 0 N–H and O–H groups in total. The maximum atomic E-state index is 6.36. The van der Waals surface area contributed by atoms with Gasteiger partial charge in [0.25, 0.3) is 0 Å². The van der Waals surface area contributed by atoms with Crippen LogP contribution in [0.3, 0.4) is 0 Å². The number of fused-ring (bicyclic) bond motifs is 1. The molecule has 0 aliphatic rings. The number of rotatable bonds is 14. The lowest BCUT2D eigenvalue weighted by Gasteiger charge is -2.19. The lowest BCUT2D eigenvalue weighted by Crippen LogP contribution is -2.12. The second kappa shape index (κ2) is 12.9. The van der Waals surface area contributed by atoms with Crippen molar-refractivity contribution < 1.29 is 9.47 Å². The highest BCUT2D eigenvalue weighted by molar-refractivity contribution is 6.17. The van der Waals surface area contributed by atoms with Crippen molar-refractivity contribution in [2.24, 2.45) is 5.92 Å². The summed E-state index contributed by atoms with van der Waals surface area (Å²) in [7, 11) is 0. The van der Waals surface area contributed by atoms with E-state index >= 15 is 0 Å². The lowest BCUT2D eigenvalue weighted by atomic mass is 10.00. The third-order valence-electron chi connectivity index (χ3n) is 5.44. The van der Waals surface area contributed by atoms with Crippen LogP contribution in [0.2, 0.25) is 0 Å². The van der Waals surface area contributed by atoms with E-state index in [2.05, 4.69) is 51.1 Å². The number of ether oxygens (including phenoxy) is 2. The van der Waals surface area contributed by atoms with Gasteiger partial charge in [0.1, 0.15) is 11.5 Å². The maximum absolute atomic E-state index is 6.36. The Bertz CT molecular complexity index is 698. The van der Waals surface area contributed by atoms with E-state index in [1.807, 2.05) is 0 Å². The predicted octanol–water partition coefficient (Wildman–Crippen LogP) is 7.92. The number of hydrogen-bond acceptors (Lipinski definition) is 2. The standard InChI is InChI=1S/C25H37ClO2/c1-4-6-13-21(5-2)19-28-25-20(3)18-24(22-14-9-10-15-23(22)25)27-17-12-8-7-11-16-26/h9-10,14-15,18,21H,4-8,11-13,16-17,19H2,1-3H3. The van der Waals surface area contributed by atoms with Crippen LogP contribution in [0, 0.1) is 12.8 Å². The Morgan fingerprint density at radius 2 is 1.68 bits per heavy atom. The van der Waals surface area contributed by atoms with Gasteiger partial charge in [-0.2, -0.15) is 0 Å². The molecule has 0 saturated heterocycles. The Kier molecular flexibility index (Phi) is 10.6. The second-order valence-electron chi connectivity index (χ2n) is 7.75. The summed E-state index contributed by atoms with van der Waals surface area (Å²) in [6, 6.07) is 10.6. The van der Waals surface area contributed by atoms with Gasteiger partial charge in [-0.25, -0.2) is 0 Å². The molecule has 0 heterocycles. The van der Waals surface area contributed by atoms with Gasteiger partial charge in [0.2, 0.25) is 0 Å². The van der Waals surface area contributed by atoms with Crippen LogP contribution in [0.5, 0.6) is 11.5 Å². The zero-order chi connectivity index (χ0) is 20.2. The topological polar surface area (TPSA) is 18.5 Å². The molecule has 2 aromatic carbocycles. The smallest absolute Gasteiger partial charge is 0.130 e. The summed E-state index contributed by atoms with van der Waals surface area (Å²) in [6.45, 7) is 8.19. The fourth-order valence-corrected chi connectivity index (χ4v) is 3.78. The van der Waals surface area contributed by atoms with Crippen molar-refractivity contribution in [1.29, 1.82) is 0 Å². The minimum Gasteiger partial charge on any atom is -0.493 e. The van der Waals surface area contributed by atoms with Crippen molar-refractivity contribution in [3.63, 3.8) is 0 Å². The Labute approximate surface area is 176 Å². The molecule has 0 aromatic heterocycles. The van der Waals surface area contributed by atoms with Crippen LogP contribution in [-0.4, -0.2) is 19.1 Å². The molecule has 2 rings (SSSR count). The highest BCUT2D eigenvalue weighted by atomic mass is 35.5. The molecule has 0 fully saturated rings. The first-order valence-corrected chi connectivity index (χ1v) is 11.6. The molecule has 0 spiro atoms. The minimum atomic E-state index is 0.627. The fraction of sp³-hybridized carbons (Fsp3) is 0.600. The summed E-state index contributed by atoms with van der Waals surface area (Å²) >= 11 is 5.74. The van der Waals surface area contributed by atoms with Crippen LogP contribution in [0.15, 0.2) is 30.3 Å². The number of halogens is 1. The van der Waals surface area contributed by atoms with Gasteiger partial charge in [0.15, 0.2) is 0 Å². The summed E-state index contributed by atoms with van der Waals surface area (Å²) in [6.07, 6.45) is 9.44.